The van der Waals surface area contributed by atoms with Crippen LogP contribution in [0.5, 0.6) is 0 Å². The Morgan fingerprint density at radius 2 is 2.17 bits per heavy atom. The van der Waals surface area contributed by atoms with E-state index in [4.69, 9.17) is 0 Å². The molecule has 1 aliphatic carbocycles. The van der Waals surface area contributed by atoms with Gasteiger partial charge in [0.25, 0.3) is 0 Å². The van der Waals surface area contributed by atoms with Crippen molar-refractivity contribution in [1.29, 1.82) is 0 Å². The van der Waals surface area contributed by atoms with Gasteiger partial charge in [0.1, 0.15) is 5.82 Å². The van der Waals surface area contributed by atoms with Crippen molar-refractivity contribution < 1.29 is 0 Å². The van der Waals surface area contributed by atoms with Crippen LogP contribution >= 0.6 is 0 Å². The van der Waals surface area contributed by atoms with E-state index in [2.05, 4.69) is 21.8 Å². The normalized spacial score (nSPS) is 32.6. The van der Waals surface area contributed by atoms with Gasteiger partial charge >= 0.3 is 0 Å². The highest BCUT2D eigenvalue weighted by Crippen LogP contribution is 2.32. The average Bonchev–Trinajstić information content (AvgIpc) is 3.02. The molecule has 4 nitrogen and oxygen atoms in total. The van der Waals surface area contributed by atoms with E-state index in [0.29, 0.717) is 6.04 Å². The maximum absolute atomic E-state index is 4.45. The highest BCUT2D eigenvalue weighted by atomic mass is 15.3. The molecule has 0 spiro atoms. The van der Waals surface area contributed by atoms with E-state index in [0.717, 1.165) is 17.8 Å². The van der Waals surface area contributed by atoms with Crippen molar-refractivity contribution in [2.24, 2.45) is 13.0 Å². The quantitative estimate of drug-likeness (QED) is 0.861. The molecule has 2 aliphatic rings. The first kappa shape index (κ1) is 12.0. The van der Waals surface area contributed by atoms with Crippen LogP contribution in [0.25, 0.3) is 0 Å². The average molecular weight is 248 g/mol. The number of hydrogen-bond acceptors (Lipinski definition) is 3. The third-order valence-corrected chi connectivity index (χ3v) is 4.48. The highest BCUT2D eigenvalue weighted by Gasteiger charge is 2.33. The Bertz CT molecular complexity index is 381. The molecule has 1 aromatic heterocycles. The second kappa shape index (κ2) is 5.31. The van der Waals surface area contributed by atoms with Crippen LogP contribution in [0.4, 0.5) is 5.82 Å². The summed E-state index contributed by atoms with van der Waals surface area (Å²) in [6.07, 6.45) is 10.1. The Hall–Kier alpha value is -1.03. The first-order valence-electron chi connectivity index (χ1n) is 7.32. The summed E-state index contributed by atoms with van der Waals surface area (Å²) in [7, 11) is 1.97. The number of nitrogens with zero attached hydrogens (tertiary/aromatic N) is 2. The van der Waals surface area contributed by atoms with Crippen LogP contribution < -0.4 is 10.6 Å². The Balaban J connectivity index is 1.67. The van der Waals surface area contributed by atoms with E-state index >= 15 is 0 Å². The second-order valence-electron chi connectivity index (χ2n) is 5.78. The molecular formula is C14H24N4. The van der Waals surface area contributed by atoms with Gasteiger partial charge in [0.15, 0.2) is 0 Å². The fourth-order valence-corrected chi connectivity index (χ4v) is 3.58. The molecule has 100 valence electrons. The highest BCUT2D eigenvalue weighted by molar-refractivity contribution is 5.34. The topological polar surface area (TPSA) is 41.9 Å². The van der Waals surface area contributed by atoms with Crippen LogP contribution in [0.1, 0.15) is 38.5 Å². The van der Waals surface area contributed by atoms with E-state index in [1.165, 1.54) is 45.1 Å². The Kier molecular flexibility index (Phi) is 3.55. The lowest BCUT2D eigenvalue weighted by Crippen LogP contribution is -2.43. The van der Waals surface area contributed by atoms with Gasteiger partial charge in [-0.25, -0.2) is 0 Å². The number of hydrogen-bond donors (Lipinski definition) is 2. The van der Waals surface area contributed by atoms with Gasteiger partial charge < -0.3 is 10.6 Å². The molecule has 3 rings (SSSR count). The maximum atomic E-state index is 4.45. The number of aryl methyl sites for hydroxylation is 1. The fourth-order valence-electron chi connectivity index (χ4n) is 3.58. The summed E-state index contributed by atoms with van der Waals surface area (Å²) in [6.45, 7) is 1.21. The van der Waals surface area contributed by atoms with Crippen LogP contribution in [-0.2, 0) is 7.05 Å². The van der Waals surface area contributed by atoms with E-state index < -0.39 is 0 Å². The molecule has 0 aromatic carbocycles. The number of rotatable bonds is 3. The molecule has 3 atom stereocenters. The minimum Gasteiger partial charge on any atom is -0.366 e. The number of anilines is 1. The maximum Gasteiger partial charge on any atom is 0.148 e. The van der Waals surface area contributed by atoms with Crippen molar-refractivity contribution in [3.63, 3.8) is 0 Å². The summed E-state index contributed by atoms with van der Waals surface area (Å²) in [5, 5.41) is 11.8. The molecule has 4 heteroatoms. The zero-order valence-corrected chi connectivity index (χ0v) is 11.2. The van der Waals surface area contributed by atoms with Crippen molar-refractivity contribution >= 4 is 5.82 Å². The van der Waals surface area contributed by atoms with E-state index in [-0.39, 0.29) is 0 Å². The molecule has 1 aromatic rings. The third-order valence-electron chi connectivity index (χ3n) is 4.48. The number of nitrogens with one attached hydrogen (secondary N) is 2. The molecular weight excluding hydrogens is 224 g/mol. The molecule has 0 bridgehead atoms. The van der Waals surface area contributed by atoms with Gasteiger partial charge in [-0.3, -0.25) is 4.68 Å². The Morgan fingerprint density at radius 1 is 1.28 bits per heavy atom. The van der Waals surface area contributed by atoms with Crippen molar-refractivity contribution in [3.8, 4) is 0 Å². The van der Waals surface area contributed by atoms with Gasteiger partial charge in [0.05, 0.1) is 0 Å². The summed E-state index contributed by atoms with van der Waals surface area (Å²) in [4.78, 5) is 0. The molecule has 2 N–H and O–H groups in total. The van der Waals surface area contributed by atoms with Gasteiger partial charge in [-0.1, -0.05) is 12.8 Å². The lowest BCUT2D eigenvalue weighted by Gasteiger charge is -2.36. The molecule has 1 saturated heterocycles. The van der Waals surface area contributed by atoms with Crippen LogP contribution in [0.3, 0.4) is 0 Å². The summed E-state index contributed by atoms with van der Waals surface area (Å²) in [6, 6.07) is 3.41. The Labute approximate surface area is 109 Å². The van der Waals surface area contributed by atoms with E-state index in [1.54, 1.807) is 0 Å². The van der Waals surface area contributed by atoms with Crippen molar-refractivity contribution in [1.82, 2.24) is 15.1 Å². The smallest absolute Gasteiger partial charge is 0.148 e. The standard InChI is InChI=1S/C14H24N4/c1-18-10-8-14(17-18)16-13-6-3-2-5-11(13)12-7-4-9-15-12/h8,10-13,15H,2-7,9H2,1H3,(H,16,17). The van der Waals surface area contributed by atoms with E-state index in [9.17, 15) is 0 Å². The molecule has 18 heavy (non-hydrogen) atoms. The summed E-state index contributed by atoms with van der Waals surface area (Å²) < 4.78 is 1.87. The summed E-state index contributed by atoms with van der Waals surface area (Å²) in [5.74, 6) is 1.82. The van der Waals surface area contributed by atoms with Crippen LogP contribution in [0.15, 0.2) is 12.3 Å². The lowest BCUT2D eigenvalue weighted by molar-refractivity contribution is 0.262. The van der Waals surface area contributed by atoms with Gasteiger partial charge in [-0.2, -0.15) is 5.10 Å². The van der Waals surface area contributed by atoms with Gasteiger partial charge in [0, 0.05) is 31.4 Å². The first-order chi connectivity index (χ1) is 8.83. The first-order valence-corrected chi connectivity index (χ1v) is 7.32. The van der Waals surface area contributed by atoms with Gasteiger partial charge in [0.2, 0.25) is 0 Å². The molecule has 0 radical (unpaired) electrons. The van der Waals surface area contributed by atoms with Crippen LogP contribution in [-0.4, -0.2) is 28.4 Å². The zero-order chi connectivity index (χ0) is 12.4. The number of aromatic nitrogens is 2. The summed E-state index contributed by atoms with van der Waals surface area (Å²) in [5.41, 5.74) is 0. The van der Waals surface area contributed by atoms with Crippen molar-refractivity contribution in [2.75, 3.05) is 11.9 Å². The second-order valence-corrected chi connectivity index (χ2v) is 5.78. The van der Waals surface area contributed by atoms with Crippen molar-refractivity contribution in [3.05, 3.63) is 12.3 Å². The van der Waals surface area contributed by atoms with Gasteiger partial charge in [-0.15, -0.1) is 0 Å². The van der Waals surface area contributed by atoms with E-state index in [1.807, 2.05) is 17.9 Å². The van der Waals surface area contributed by atoms with Crippen LogP contribution in [0.2, 0.25) is 0 Å². The van der Waals surface area contributed by atoms with Gasteiger partial charge in [-0.05, 0) is 38.1 Å². The third kappa shape index (κ3) is 2.53. The molecule has 0 amide bonds. The Morgan fingerprint density at radius 3 is 2.89 bits per heavy atom. The molecule has 2 fully saturated rings. The lowest BCUT2D eigenvalue weighted by atomic mass is 9.79. The molecule has 2 heterocycles. The predicted octanol–water partition coefficient (Wildman–Crippen LogP) is 2.14. The molecule has 1 saturated carbocycles. The molecule has 3 unspecified atom stereocenters. The predicted molar refractivity (Wildman–Crippen MR) is 73.6 cm³/mol. The van der Waals surface area contributed by atoms with Crippen molar-refractivity contribution in [2.45, 2.75) is 50.6 Å². The van der Waals surface area contributed by atoms with Crippen LogP contribution in [0, 0.1) is 5.92 Å². The fraction of sp³-hybridized carbons (Fsp3) is 0.786. The SMILES string of the molecule is Cn1ccc(NC2CCCCC2C2CCCN2)n1. The summed E-state index contributed by atoms with van der Waals surface area (Å²) >= 11 is 0. The monoisotopic (exact) mass is 248 g/mol. The minimum absolute atomic E-state index is 0.601. The molecule has 1 aliphatic heterocycles. The zero-order valence-electron chi connectivity index (χ0n) is 11.2. The minimum atomic E-state index is 0.601. The largest absolute Gasteiger partial charge is 0.366 e.